The first-order valence-corrected chi connectivity index (χ1v) is 12.6. The first kappa shape index (κ1) is 24.0. The van der Waals surface area contributed by atoms with Gasteiger partial charge in [0, 0.05) is 57.3 Å². The minimum absolute atomic E-state index is 0.148. The van der Waals surface area contributed by atoms with Crippen LogP contribution in [0.1, 0.15) is 25.5 Å². The second-order valence-electron chi connectivity index (χ2n) is 9.56. The first-order chi connectivity index (χ1) is 17.1. The molecule has 188 valence electrons. The zero-order valence-corrected chi connectivity index (χ0v) is 20.3. The maximum absolute atomic E-state index is 13.8. The quantitative estimate of drug-likeness (QED) is 0.497. The van der Waals surface area contributed by atoms with Crippen LogP contribution in [0.2, 0.25) is 0 Å². The van der Waals surface area contributed by atoms with Crippen molar-refractivity contribution in [2.75, 3.05) is 57.4 Å². The fourth-order valence-corrected chi connectivity index (χ4v) is 5.26. The second-order valence-corrected chi connectivity index (χ2v) is 9.56. The van der Waals surface area contributed by atoms with Crippen molar-refractivity contribution in [3.63, 3.8) is 0 Å². The third-order valence-corrected chi connectivity index (χ3v) is 7.22. The summed E-state index contributed by atoms with van der Waals surface area (Å²) in [6.45, 7) is 8.76. The molecule has 0 bridgehead atoms. The number of hydrogen-bond donors (Lipinski definition) is 1. The van der Waals surface area contributed by atoms with Crippen molar-refractivity contribution in [1.82, 2.24) is 19.9 Å². The molecule has 5 rings (SSSR count). The van der Waals surface area contributed by atoms with Gasteiger partial charge in [-0.1, -0.05) is 18.1 Å². The molecule has 2 aromatic heterocycles. The van der Waals surface area contributed by atoms with Crippen LogP contribution in [0.3, 0.4) is 0 Å². The molecule has 2 saturated heterocycles. The number of hydrogen-bond acceptors (Lipinski definition) is 8. The molecule has 3 aromatic rings. The number of anilines is 1. The van der Waals surface area contributed by atoms with E-state index >= 15 is 0 Å². The predicted octanol–water partition coefficient (Wildman–Crippen LogP) is 3.16. The highest BCUT2D eigenvalue weighted by Gasteiger charge is 2.34. The van der Waals surface area contributed by atoms with E-state index in [-0.39, 0.29) is 12.4 Å². The topological polar surface area (TPSA) is 78.1 Å². The molecule has 2 aliphatic rings. The van der Waals surface area contributed by atoms with E-state index in [1.54, 1.807) is 6.07 Å². The van der Waals surface area contributed by atoms with Gasteiger partial charge in [-0.2, -0.15) is 0 Å². The summed E-state index contributed by atoms with van der Waals surface area (Å²) in [7, 11) is 0. The van der Waals surface area contributed by atoms with Crippen LogP contribution in [0.25, 0.3) is 11.0 Å². The van der Waals surface area contributed by atoms with Gasteiger partial charge in [0.25, 0.3) is 0 Å². The monoisotopic (exact) mass is 483 g/mol. The Hall–Kier alpha value is -2.75. The third kappa shape index (κ3) is 5.58. The van der Waals surface area contributed by atoms with Gasteiger partial charge in [0.15, 0.2) is 11.4 Å². The number of halogens is 1. The molecule has 0 unspecified atom stereocenters. The number of rotatable bonds is 9. The van der Waals surface area contributed by atoms with Gasteiger partial charge in [0.2, 0.25) is 5.88 Å². The smallest absolute Gasteiger partial charge is 0.213 e. The molecular weight excluding hydrogens is 449 g/mol. The van der Waals surface area contributed by atoms with Crippen LogP contribution >= 0.6 is 0 Å². The first-order valence-electron chi connectivity index (χ1n) is 12.6. The Morgan fingerprint density at radius 2 is 2.11 bits per heavy atom. The average Bonchev–Trinajstić information content (AvgIpc) is 3.30. The number of piperidine rings is 1. The normalized spacial score (nSPS) is 21.0. The number of nitrogens with zero attached hydrogens (tertiary/aromatic N) is 5. The number of ether oxygens (including phenoxy) is 1. The van der Waals surface area contributed by atoms with Crippen molar-refractivity contribution in [1.29, 1.82) is 0 Å². The Balaban J connectivity index is 1.14. The van der Waals surface area contributed by atoms with E-state index in [0.29, 0.717) is 43.1 Å². The third-order valence-electron chi connectivity index (χ3n) is 7.22. The molecule has 0 aliphatic carbocycles. The van der Waals surface area contributed by atoms with Crippen LogP contribution in [0.5, 0.6) is 5.88 Å². The van der Waals surface area contributed by atoms with Gasteiger partial charge in [-0.25, -0.2) is 9.37 Å². The highest BCUT2D eigenvalue weighted by atomic mass is 19.1. The van der Waals surface area contributed by atoms with E-state index in [0.717, 1.165) is 62.5 Å². The zero-order valence-electron chi connectivity index (χ0n) is 20.3. The summed E-state index contributed by atoms with van der Waals surface area (Å²) >= 11 is 0. The lowest BCUT2D eigenvalue weighted by Gasteiger charge is -2.46. The van der Waals surface area contributed by atoms with E-state index in [1.807, 2.05) is 18.2 Å². The minimum Gasteiger partial charge on any atom is -0.477 e. The van der Waals surface area contributed by atoms with Crippen molar-refractivity contribution in [2.45, 2.75) is 32.4 Å². The van der Waals surface area contributed by atoms with Crippen LogP contribution < -0.4 is 9.64 Å². The number of benzene rings is 1. The number of fused-ring (bicyclic) bond motifs is 2. The summed E-state index contributed by atoms with van der Waals surface area (Å²) in [5.41, 5.74) is 1.58. The Morgan fingerprint density at radius 1 is 1.20 bits per heavy atom. The predicted molar refractivity (Wildman–Crippen MR) is 132 cm³/mol. The van der Waals surface area contributed by atoms with Crippen LogP contribution in [0.4, 0.5) is 10.2 Å². The Kier molecular flexibility index (Phi) is 7.46. The summed E-state index contributed by atoms with van der Waals surface area (Å²) in [6.07, 6.45) is 2.19. The molecule has 1 N–H and O–H groups in total. The van der Waals surface area contributed by atoms with E-state index in [1.165, 1.54) is 12.1 Å². The number of pyridine rings is 1. The van der Waals surface area contributed by atoms with Gasteiger partial charge in [-0.3, -0.25) is 9.80 Å². The summed E-state index contributed by atoms with van der Waals surface area (Å²) < 4.78 is 25.3. The Labute approximate surface area is 205 Å². The maximum atomic E-state index is 13.8. The van der Waals surface area contributed by atoms with Gasteiger partial charge in [-0.15, -0.1) is 0 Å². The van der Waals surface area contributed by atoms with E-state index in [4.69, 9.17) is 9.26 Å². The van der Waals surface area contributed by atoms with E-state index < -0.39 is 0 Å². The molecule has 0 saturated carbocycles. The van der Waals surface area contributed by atoms with E-state index in [2.05, 4.69) is 31.8 Å². The van der Waals surface area contributed by atoms with Gasteiger partial charge in [0.05, 0.1) is 24.3 Å². The van der Waals surface area contributed by atoms with E-state index in [9.17, 15) is 9.50 Å². The maximum Gasteiger partial charge on any atom is 0.213 e. The van der Waals surface area contributed by atoms with Crippen LogP contribution in [-0.2, 0) is 6.54 Å². The van der Waals surface area contributed by atoms with Crippen LogP contribution in [0, 0.1) is 11.7 Å². The molecule has 35 heavy (non-hydrogen) atoms. The lowest BCUT2D eigenvalue weighted by Crippen LogP contribution is -2.57. The number of piperazine rings is 1. The largest absolute Gasteiger partial charge is 0.477 e. The molecule has 9 heteroatoms. The van der Waals surface area contributed by atoms with Crippen molar-refractivity contribution in [2.24, 2.45) is 5.92 Å². The molecule has 2 atom stereocenters. The Morgan fingerprint density at radius 3 is 2.97 bits per heavy atom. The van der Waals surface area contributed by atoms with Crippen molar-refractivity contribution in [3.05, 3.63) is 47.9 Å². The molecule has 2 fully saturated rings. The number of aromatic nitrogens is 2. The fourth-order valence-electron chi connectivity index (χ4n) is 5.26. The molecule has 0 amide bonds. The van der Waals surface area contributed by atoms with Gasteiger partial charge < -0.3 is 19.3 Å². The lowest BCUT2D eigenvalue weighted by atomic mass is 9.91. The number of aliphatic hydroxyl groups is 1. The SMILES string of the molecule is CCN(CCO)Cc1cccc(OC[C@H]2CC[C@H]3CN(c4noc5ccc(F)cc45)CCN3C2)n1. The molecule has 2 aliphatic heterocycles. The lowest BCUT2D eigenvalue weighted by molar-refractivity contribution is 0.0716. The Bertz CT molecular complexity index is 1130. The van der Waals surface area contributed by atoms with Gasteiger partial charge in [0.1, 0.15) is 5.82 Å². The summed E-state index contributed by atoms with van der Waals surface area (Å²) in [6, 6.07) is 10.9. The highest BCUT2D eigenvalue weighted by molar-refractivity contribution is 5.88. The average molecular weight is 484 g/mol. The van der Waals surface area contributed by atoms with Crippen LogP contribution in [-0.4, -0.2) is 83.6 Å². The molecule has 8 nitrogen and oxygen atoms in total. The second kappa shape index (κ2) is 10.9. The van der Waals surface area contributed by atoms with Crippen molar-refractivity contribution < 1.29 is 18.8 Å². The van der Waals surface area contributed by atoms with Crippen molar-refractivity contribution >= 4 is 16.8 Å². The molecule has 0 spiro atoms. The molecule has 1 aromatic carbocycles. The van der Waals surface area contributed by atoms with Gasteiger partial charge >= 0.3 is 0 Å². The minimum atomic E-state index is -0.269. The molecule has 4 heterocycles. The summed E-state index contributed by atoms with van der Waals surface area (Å²) in [4.78, 5) is 11.6. The summed E-state index contributed by atoms with van der Waals surface area (Å²) in [5.74, 6) is 1.61. The zero-order chi connectivity index (χ0) is 24.2. The molecular formula is C26H34FN5O3. The van der Waals surface area contributed by atoms with Crippen molar-refractivity contribution in [3.8, 4) is 5.88 Å². The number of likely N-dealkylation sites (N-methyl/N-ethyl adjacent to an activating group) is 1. The fraction of sp³-hybridized carbons (Fsp3) is 0.538. The number of aliphatic hydroxyl groups excluding tert-OH is 1. The van der Waals surface area contributed by atoms with Crippen LogP contribution in [0.15, 0.2) is 40.9 Å². The molecule has 0 radical (unpaired) electrons. The standard InChI is InChI=1S/C26H34FN5O3/c1-2-30(12-13-33)16-21-4-3-5-25(28-21)34-18-19-6-8-22-17-32(11-10-31(22)15-19)26-23-14-20(27)7-9-24(23)35-29-26/h3-5,7,9,14,19,22,33H,2,6,8,10-13,15-18H2,1H3/t19-,22-/m0/s1. The van der Waals surface area contributed by atoms with Gasteiger partial charge in [-0.05, 0) is 43.7 Å². The summed E-state index contributed by atoms with van der Waals surface area (Å²) in [5, 5.41) is 14.2. The highest BCUT2D eigenvalue weighted by Crippen LogP contribution is 2.31.